The normalized spacial score (nSPS) is 13.4. The highest BCUT2D eigenvalue weighted by Gasteiger charge is 2.16. The molecule has 0 unspecified atom stereocenters. The maximum Gasteiger partial charge on any atom is 0.0698 e. The van der Waals surface area contributed by atoms with Gasteiger partial charge in [-0.15, -0.1) is 0 Å². The topological polar surface area (TPSA) is 12.4 Å². The predicted molar refractivity (Wildman–Crippen MR) is 67.5 cm³/mol. The Labute approximate surface area is 95.5 Å². The van der Waals surface area contributed by atoms with E-state index in [9.17, 15) is 0 Å². The lowest BCUT2D eigenvalue weighted by molar-refractivity contribution is 1.35. The summed E-state index contributed by atoms with van der Waals surface area (Å²) in [5.41, 5.74) is 6.20. The maximum atomic E-state index is 4.74. The molecule has 0 amide bonds. The molecule has 0 atom stereocenters. The third-order valence-corrected chi connectivity index (χ3v) is 3.03. The van der Waals surface area contributed by atoms with Crippen molar-refractivity contribution in [2.45, 2.75) is 13.3 Å². The Balaban J connectivity index is 2.06. The van der Waals surface area contributed by atoms with Gasteiger partial charge >= 0.3 is 0 Å². The first-order valence-corrected chi connectivity index (χ1v) is 5.56. The monoisotopic (exact) mass is 207 g/mol. The highest BCUT2D eigenvalue weighted by Crippen LogP contribution is 2.31. The van der Waals surface area contributed by atoms with Crippen LogP contribution >= 0.6 is 0 Å². The minimum Gasteiger partial charge on any atom is -0.252 e. The van der Waals surface area contributed by atoms with Gasteiger partial charge in [-0.25, -0.2) is 0 Å². The van der Waals surface area contributed by atoms with Crippen LogP contribution < -0.4 is 0 Å². The summed E-state index contributed by atoms with van der Waals surface area (Å²) < 4.78 is 0. The molecule has 1 aliphatic heterocycles. The number of hydrogen-bond donors (Lipinski definition) is 0. The van der Waals surface area contributed by atoms with Crippen LogP contribution in [0.25, 0.3) is 0 Å². The molecule has 3 rings (SSSR count). The van der Waals surface area contributed by atoms with E-state index in [4.69, 9.17) is 4.99 Å². The molecule has 1 heteroatoms. The number of hydrogen-bond acceptors (Lipinski definition) is 1. The first-order chi connectivity index (χ1) is 7.84. The van der Waals surface area contributed by atoms with Crippen LogP contribution in [0.5, 0.6) is 0 Å². The standard InChI is InChI=1S/C15H13N/c1-11-6-5-9-13-10-14(16-15(11)13)12-7-3-2-4-8-12/h2-9H,10H2,1H3. The summed E-state index contributed by atoms with van der Waals surface area (Å²) in [6.07, 6.45) is 0.959. The fourth-order valence-electron chi connectivity index (χ4n) is 2.17. The molecule has 0 bridgehead atoms. The minimum absolute atomic E-state index is 0.959. The van der Waals surface area contributed by atoms with Crippen LogP contribution in [0, 0.1) is 6.92 Å². The molecule has 78 valence electrons. The third-order valence-electron chi connectivity index (χ3n) is 3.03. The second-order valence-corrected chi connectivity index (χ2v) is 4.18. The molecule has 2 aromatic carbocycles. The Morgan fingerprint density at radius 3 is 2.50 bits per heavy atom. The second-order valence-electron chi connectivity index (χ2n) is 4.18. The molecule has 1 aliphatic rings. The van der Waals surface area contributed by atoms with E-state index in [0.717, 1.165) is 6.42 Å². The molecule has 0 aromatic heterocycles. The Kier molecular flexibility index (Phi) is 2.10. The zero-order chi connectivity index (χ0) is 11.0. The average molecular weight is 207 g/mol. The molecule has 2 aromatic rings. The molecule has 0 aliphatic carbocycles. The summed E-state index contributed by atoms with van der Waals surface area (Å²) in [6, 6.07) is 16.8. The highest BCUT2D eigenvalue weighted by atomic mass is 14.8. The first-order valence-electron chi connectivity index (χ1n) is 5.56. The second kappa shape index (κ2) is 3.60. The Morgan fingerprint density at radius 1 is 0.938 bits per heavy atom. The van der Waals surface area contributed by atoms with Gasteiger partial charge in [-0.3, -0.25) is 4.99 Å². The molecule has 0 spiro atoms. The van der Waals surface area contributed by atoms with E-state index in [0.29, 0.717) is 0 Å². The lowest BCUT2D eigenvalue weighted by atomic mass is 10.0. The molecule has 0 fully saturated rings. The van der Waals surface area contributed by atoms with Crippen LogP contribution in [0.1, 0.15) is 16.7 Å². The zero-order valence-corrected chi connectivity index (χ0v) is 9.27. The van der Waals surface area contributed by atoms with Gasteiger partial charge in [0.05, 0.1) is 11.4 Å². The summed E-state index contributed by atoms with van der Waals surface area (Å²) in [4.78, 5) is 4.74. The van der Waals surface area contributed by atoms with E-state index in [1.807, 2.05) is 6.07 Å². The van der Waals surface area contributed by atoms with Crippen molar-refractivity contribution in [3.63, 3.8) is 0 Å². The van der Waals surface area contributed by atoms with Crippen LogP contribution in [-0.2, 0) is 6.42 Å². The Morgan fingerprint density at radius 2 is 1.75 bits per heavy atom. The van der Waals surface area contributed by atoms with Gasteiger partial charge in [-0.2, -0.15) is 0 Å². The SMILES string of the molecule is Cc1cccc2c1N=C(c1ccccc1)C2. The summed E-state index contributed by atoms with van der Waals surface area (Å²) >= 11 is 0. The van der Waals surface area contributed by atoms with Crippen LogP contribution in [0.4, 0.5) is 5.69 Å². The number of aliphatic imine (C=N–C) groups is 1. The molecule has 0 radical (unpaired) electrons. The molecule has 1 heterocycles. The van der Waals surface area contributed by atoms with E-state index in [1.165, 1.54) is 28.1 Å². The number of benzene rings is 2. The van der Waals surface area contributed by atoms with E-state index >= 15 is 0 Å². The number of fused-ring (bicyclic) bond motifs is 1. The van der Waals surface area contributed by atoms with Crippen molar-refractivity contribution in [1.29, 1.82) is 0 Å². The number of aryl methyl sites for hydroxylation is 1. The summed E-state index contributed by atoms with van der Waals surface area (Å²) in [5.74, 6) is 0. The van der Waals surface area contributed by atoms with Gasteiger partial charge in [-0.05, 0) is 23.6 Å². The zero-order valence-electron chi connectivity index (χ0n) is 9.27. The molecular formula is C15H13N. The van der Waals surface area contributed by atoms with Gasteiger partial charge in [0.2, 0.25) is 0 Å². The Bertz CT molecular complexity index is 553. The summed E-state index contributed by atoms with van der Waals surface area (Å²) in [5, 5.41) is 0. The van der Waals surface area contributed by atoms with Crippen molar-refractivity contribution in [3.05, 3.63) is 65.2 Å². The van der Waals surface area contributed by atoms with Gasteiger partial charge in [0.1, 0.15) is 0 Å². The molecule has 0 saturated carbocycles. The lowest BCUT2D eigenvalue weighted by Crippen LogP contribution is -1.99. The van der Waals surface area contributed by atoms with Gasteiger partial charge in [0.25, 0.3) is 0 Å². The maximum absolute atomic E-state index is 4.74. The smallest absolute Gasteiger partial charge is 0.0698 e. The lowest BCUT2D eigenvalue weighted by Gasteiger charge is -1.98. The fourth-order valence-corrected chi connectivity index (χ4v) is 2.17. The molecule has 0 saturated heterocycles. The van der Waals surface area contributed by atoms with Crippen molar-refractivity contribution >= 4 is 11.4 Å². The quantitative estimate of drug-likeness (QED) is 0.676. The fraction of sp³-hybridized carbons (Fsp3) is 0.133. The predicted octanol–water partition coefficient (Wildman–Crippen LogP) is 3.67. The van der Waals surface area contributed by atoms with Crippen molar-refractivity contribution in [2.24, 2.45) is 4.99 Å². The summed E-state index contributed by atoms with van der Waals surface area (Å²) in [7, 11) is 0. The third kappa shape index (κ3) is 1.45. The van der Waals surface area contributed by atoms with Crippen molar-refractivity contribution in [2.75, 3.05) is 0 Å². The van der Waals surface area contributed by atoms with Crippen LogP contribution in [0.2, 0.25) is 0 Å². The first kappa shape index (κ1) is 9.34. The molecule has 1 nitrogen and oxygen atoms in total. The van der Waals surface area contributed by atoms with Crippen LogP contribution in [0.15, 0.2) is 53.5 Å². The van der Waals surface area contributed by atoms with Gasteiger partial charge in [0.15, 0.2) is 0 Å². The molecule has 16 heavy (non-hydrogen) atoms. The van der Waals surface area contributed by atoms with E-state index < -0.39 is 0 Å². The minimum atomic E-state index is 0.959. The number of rotatable bonds is 1. The van der Waals surface area contributed by atoms with E-state index in [-0.39, 0.29) is 0 Å². The van der Waals surface area contributed by atoms with Crippen molar-refractivity contribution in [1.82, 2.24) is 0 Å². The number of nitrogens with zero attached hydrogens (tertiary/aromatic N) is 1. The largest absolute Gasteiger partial charge is 0.252 e. The summed E-state index contributed by atoms with van der Waals surface area (Å²) in [6.45, 7) is 2.12. The molecular weight excluding hydrogens is 194 g/mol. The highest BCUT2D eigenvalue weighted by molar-refractivity contribution is 6.06. The van der Waals surface area contributed by atoms with Gasteiger partial charge < -0.3 is 0 Å². The Hall–Kier alpha value is -1.89. The van der Waals surface area contributed by atoms with Crippen molar-refractivity contribution < 1.29 is 0 Å². The number of para-hydroxylation sites is 1. The van der Waals surface area contributed by atoms with Crippen molar-refractivity contribution in [3.8, 4) is 0 Å². The van der Waals surface area contributed by atoms with E-state index in [1.54, 1.807) is 0 Å². The van der Waals surface area contributed by atoms with Gasteiger partial charge in [0, 0.05) is 6.42 Å². The molecule has 0 N–H and O–H groups in total. The van der Waals surface area contributed by atoms with Crippen LogP contribution in [0.3, 0.4) is 0 Å². The van der Waals surface area contributed by atoms with Crippen LogP contribution in [-0.4, -0.2) is 5.71 Å². The average Bonchev–Trinajstić information content (AvgIpc) is 2.76. The van der Waals surface area contributed by atoms with Gasteiger partial charge in [-0.1, -0.05) is 48.5 Å². The van der Waals surface area contributed by atoms with E-state index in [2.05, 4.69) is 49.4 Å².